The summed E-state index contributed by atoms with van der Waals surface area (Å²) in [4.78, 5) is 14.1. The van der Waals surface area contributed by atoms with Gasteiger partial charge < -0.3 is 10.2 Å². The fourth-order valence-corrected chi connectivity index (χ4v) is 2.31. The van der Waals surface area contributed by atoms with E-state index in [1.165, 1.54) is 5.56 Å². The second kappa shape index (κ2) is 5.32. The first kappa shape index (κ1) is 12.1. The minimum Gasteiger partial charge on any atom is -0.317 e. The van der Waals surface area contributed by atoms with Gasteiger partial charge in [-0.3, -0.25) is 4.79 Å². The van der Waals surface area contributed by atoms with Crippen LogP contribution in [0.2, 0.25) is 0 Å². The summed E-state index contributed by atoms with van der Waals surface area (Å²) in [6.07, 6.45) is 1.91. The topological polar surface area (TPSA) is 32.3 Å². The number of hydrogen-bond donors (Lipinski definition) is 1. The number of carbonyl (C=O) groups excluding carboxylic acids is 1. The summed E-state index contributed by atoms with van der Waals surface area (Å²) in [5.74, 6) is 0.430. The molecule has 0 unspecified atom stereocenters. The average molecular weight is 232 g/mol. The molecule has 2 rings (SSSR count). The van der Waals surface area contributed by atoms with Gasteiger partial charge in [0.2, 0.25) is 5.91 Å². The number of rotatable bonds is 2. The Morgan fingerprint density at radius 1 is 1.35 bits per heavy atom. The van der Waals surface area contributed by atoms with Crippen molar-refractivity contribution in [3.8, 4) is 0 Å². The van der Waals surface area contributed by atoms with Gasteiger partial charge in [-0.1, -0.05) is 12.1 Å². The molecule has 1 amide bonds. The molecule has 1 fully saturated rings. The summed E-state index contributed by atoms with van der Waals surface area (Å²) < 4.78 is 0. The van der Waals surface area contributed by atoms with Gasteiger partial charge in [0.05, 0.1) is 0 Å². The van der Waals surface area contributed by atoms with Crippen molar-refractivity contribution in [3.05, 3.63) is 29.8 Å². The minimum atomic E-state index is 0.182. The van der Waals surface area contributed by atoms with Crippen LogP contribution in [0.3, 0.4) is 0 Å². The number of nitrogens with zero attached hydrogens (tertiary/aromatic N) is 1. The lowest BCUT2D eigenvalue weighted by atomic mass is 9.96. The van der Waals surface area contributed by atoms with Gasteiger partial charge in [-0.15, -0.1) is 0 Å². The van der Waals surface area contributed by atoms with Crippen LogP contribution in [0.1, 0.15) is 18.4 Å². The molecule has 0 saturated carbocycles. The van der Waals surface area contributed by atoms with Gasteiger partial charge in [-0.2, -0.15) is 0 Å². The van der Waals surface area contributed by atoms with Gasteiger partial charge in [0.15, 0.2) is 0 Å². The molecule has 1 saturated heterocycles. The lowest BCUT2D eigenvalue weighted by Gasteiger charge is -2.27. The molecule has 1 N–H and O–H groups in total. The first-order valence-electron chi connectivity index (χ1n) is 6.23. The predicted octanol–water partition coefficient (Wildman–Crippen LogP) is 1.96. The first-order chi connectivity index (χ1) is 8.18. The number of hydrogen-bond acceptors (Lipinski definition) is 2. The van der Waals surface area contributed by atoms with E-state index in [4.69, 9.17) is 0 Å². The Bertz CT molecular complexity index is 397. The number of piperidine rings is 1. The predicted molar refractivity (Wildman–Crippen MR) is 70.2 cm³/mol. The highest BCUT2D eigenvalue weighted by atomic mass is 16.2. The Hall–Kier alpha value is -1.35. The van der Waals surface area contributed by atoms with E-state index in [0.29, 0.717) is 0 Å². The van der Waals surface area contributed by atoms with Gasteiger partial charge in [-0.05, 0) is 50.6 Å². The standard InChI is InChI=1S/C14H20N2O/c1-11-4-3-5-13(10-11)16(2)14(17)12-6-8-15-9-7-12/h3-5,10,12,15H,6-9H2,1-2H3. The number of anilines is 1. The average Bonchev–Trinajstić information content (AvgIpc) is 2.38. The Morgan fingerprint density at radius 2 is 2.06 bits per heavy atom. The number of nitrogens with one attached hydrogen (secondary N) is 1. The van der Waals surface area contributed by atoms with Crippen molar-refractivity contribution in [2.24, 2.45) is 5.92 Å². The monoisotopic (exact) mass is 232 g/mol. The summed E-state index contributed by atoms with van der Waals surface area (Å²) in [6.45, 7) is 3.96. The van der Waals surface area contributed by atoms with Gasteiger partial charge >= 0.3 is 0 Å². The Morgan fingerprint density at radius 3 is 2.71 bits per heavy atom. The Balaban J connectivity index is 2.08. The summed E-state index contributed by atoms with van der Waals surface area (Å²) in [5, 5.41) is 3.29. The van der Waals surface area contributed by atoms with Crippen molar-refractivity contribution in [1.29, 1.82) is 0 Å². The molecule has 0 radical (unpaired) electrons. The van der Waals surface area contributed by atoms with Crippen LogP contribution >= 0.6 is 0 Å². The van der Waals surface area contributed by atoms with E-state index in [9.17, 15) is 4.79 Å². The van der Waals surface area contributed by atoms with Crippen molar-refractivity contribution < 1.29 is 4.79 Å². The largest absolute Gasteiger partial charge is 0.317 e. The van der Waals surface area contributed by atoms with Crippen LogP contribution in [0.5, 0.6) is 0 Å². The van der Waals surface area contributed by atoms with E-state index in [2.05, 4.69) is 11.4 Å². The van der Waals surface area contributed by atoms with E-state index in [-0.39, 0.29) is 11.8 Å². The highest BCUT2D eigenvalue weighted by Crippen LogP contribution is 2.20. The van der Waals surface area contributed by atoms with E-state index in [1.54, 1.807) is 4.90 Å². The molecule has 1 aliphatic heterocycles. The number of carbonyl (C=O) groups is 1. The molecule has 0 bridgehead atoms. The molecule has 0 atom stereocenters. The molecular weight excluding hydrogens is 212 g/mol. The second-order valence-electron chi connectivity index (χ2n) is 4.76. The highest BCUT2D eigenvalue weighted by Gasteiger charge is 2.24. The summed E-state index contributed by atoms with van der Waals surface area (Å²) in [6, 6.07) is 8.09. The molecule has 0 spiro atoms. The molecule has 1 heterocycles. The normalized spacial score (nSPS) is 16.8. The van der Waals surface area contributed by atoms with Gasteiger partial charge in [0.25, 0.3) is 0 Å². The maximum Gasteiger partial charge on any atom is 0.229 e. The number of benzene rings is 1. The van der Waals surface area contributed by atoms with Gasteiger partial charge in [0, 0.05) is 18.7 Å². The van der Waals surface area contributed by atoms with E-state index in [0.717, 1.165) is 31.6 Å². The quantitative estimate of drug-likeness (QED) is 0.845. The summed E-state index contributed by atoms with van der Waals surface area (Å²) in [7, 11) is 1.87. The van der Waals surface area contributed by atoms with Crippen LogP contribution in [0.15, 0.2) is 24.3 Å². The highest BCUT2D eigenvalue weighted by molar-refractivity contribution is 5.94. The SMILES string of the molecule is Cc1cccc(N(C)C(=O)C2CCNCC2)c1. The Labute approximate surface area is 103 Å². The lowest BCUT2D eigenvalue weighted by molar-refractivity contribution is -0.122. The lowest BCUT2D eigenvalue weighted by Crippen LogP contribution is -2.39. The van der Waals surface area contributed by atoms with E-state index in [1.807, 2.05) is 32.2 Å². The van der Waals surface area contributed by atoms with Crippen LogP contribution in [-0.4, -0.2) is 26.0 Å². The third kappa shape index (κ3) is 2.86. The summed E-state index contributed by atoms with van der Waals surface area (Å²) in [5.41, 5.74) is 2.18. The van der Waals surface area contributed by atoms with Crippen LogP contribution < -0.4 is 10.2 Å². The molecule has 1 aromatic rings. The van der Waals surface area contributed by atoms with E-state index < -0.39 is 0 Å². The number of amides is 1. The maximum atomic E-state index is 12.3. The van der Waals surface area contributed by atoms with Crippen molar-refractivity contribution in [1.82, 2.24) is 5.32 Å². The zero-order valence-electron chi connectivity index (χ0n) is 10.6. The molecular formula is C14H20N2O. The van der Waals surface area contributed by atoms with Crippen LogP contribution in [0.25, 0.3) is 0 Å². The first-order valence-corrected chi connectivity index (χ1v) is 6.23. The van der Waals surface area contributed by atoms with Gasteiger partial charge in [0.1, 0.15) is 0 Å². The van der Waals surface area contributed by atoms with Crippen LogP contribution in [0.4, 0.5) is 5.69 Å². The van der Waals surface area contributed by atoms with Crippen molar-refractivity contribution in [3.63, 3.8) is 0 Å². The third-order valence-electron chi connectivity index (χ3n) is 3.41. The molecule has 17 heavy (non-hydrogen) atoms. The summed E-state index contributed by atoms with van der Waals surface area (Å²) >= 11 is 0. The molecule has 1 aliphatic rings. The molecule has 92 valence electrons. The second-order valence-corrected chi connectivity index (χ2v) is 4.76. The molecule has 3 heteroatoms. The zero-order chi connectivity index (χ0) is 12.3. The fourth-order valence-electron chi connectivity index (χ4n) is 2.31. The van der Waals surface area contributed by atoms with Crippen molar-refractivity contribution in [2.75, 3.05) is 25.0 Å². The molecule has 3 nitrogen and oxygen atoms in total. The van der Waals surface area contributed by atoms with Crippen molar-refractivity contribution >= 4 is 11.6 Å². The fraction of sp³-hybridized carbons (Fsp3) is 0.500. The Kier molecular flexibility index (Phi) is 3.79. The molecule has 1 aromatic carbocycles. The maximum absolute atomic E-state index is 12.3. The third-order valence-corrected chi connectivity index (χ3v) is 3.41. The van der Waals surface area contributed by atoms with E-state index >= 15 is 0 Å². The van der Waals surface area contributed by atoms with Crippen LogP contribution in [-0.2, 0) is 4.79 Å². The molecule has 0 aromatic heterocycles. The number of aryl methyl sites for hydroxylation is 1. The van der Waals surface area contributed by atoms with Crippen LogP contribution in [0, 0.1) is 12.8 Å². The van der Waals surface area contributed by atoms with Crippen molar-refractivity contribution in [2.45, 2.75) is 19.8 Å². The smallest absolute Gasteiger partial charge is 0.229 e. The van der Waals surface area contributed by atoms with Gasteiger partial charge in [-0.25, -0.2) is 0 Å². The zero-order valence-corrected chi connectivity index (χ0v) is 10.6. The minimum absolute atomic E-state index is 0.182. The molecule has 0 aliphatic carbocycles.